The summed E-state index contributed by atoms with van der Waals surface area (Å²) in [6.45, 7) is 6.58. The summed E-state index contributed by atoms with van der Waals surface area (Å²) in [5.41, 5.74) is 7.09. The predicted molar refractivity (Wildman–Crippen MR) is 92.6 cm³/mol. The molecule has 3 N–H and O–H groups in total. The molecule has 0 aliphatic carbocycles. The standard InChI is InChI=1S/C17H26N4O3/c18-17(19-5-1-7-21-8-10-22-11-9-21)20-6-4-14-2-3-15-16(12-14)24-13-23-15/h2-3,12H,1,4-11,13H2,(H3,18,19,20). The van der Waals surface area contributed by atoms with E-state index in [1.807, 2.05) is 18.2 Å². The monoisotopic (exact) mass is 334 g/mol. The van der Waals surface area contributed by atoms with Crippen molar-refractivity contribution in [3.05, 3.63) is 23.8 Å². The molecule has 1 fully saturated rings. The maximum Gasteiger partial charge on any atom is 0.231 e. The molecule has 132 valence electrons. The van der Waals surface area contributed by atoms with E-state index in [9.17, 15) is 0 Å². The molecule has 0 bridgehead atoms. The summed E-state index contributed by atoms with van der Waals surface area (Å²) in [4.78, 5) is 6.78. The summed E-state index contributed by atoms with van der Waals surface area (Å²) in [6, 6.07) is 6.01. The highest BCUT2D eigenvalue weighted by molar-refractivity contribution is 5.77. The first kappa shape index (κ1) is 16.9. The Morgan fingerprint density at radius 1 is 1.21 bits per heavy atom. The number of aliphatic imine (C=N–C) groups is 1. The highest BCUT2D eigenvalue weighted by Crippen LogP contribution is 2.32. The lowest BCUT2D eigenvalue weighted by Gasteiger charge is -2.26. The third-order valence-corrected chi connectivity index (χ3v) is 4.18. The molecule has 0 spiro atoms. The van der Waals surface area contributed by atoms with Gasteiger partial charge in [-0.25, -0.2) is 0 Å². The van der Waals surface area contributed by atoms with E-state index in [0.717, 1.165) is 70.3 Å². The topological polar surface area (TPSA) is 81.3 Å². The van der Waals surface area contributed by atoms with E-state index < -0.39 is 0 Å². The zero-order valence-electron chi connectivity index (χ0n) is 14.0. The highest BCUT2D eigenvalue weighted by Gasteiger charge is 2.13. The normalized spacial score (nSPS) is 17.9. The molecule has 7 nitrogen and oxygen atoms in total. The molecule has 0 amide bonds. The molecule has 0 radical (unpaired) electrons. The molecule has 24 heavy (non-hydrogen) atoms. The number of nitrogens with one attached hydrogen (secondary N) is 1. The SMILES string of the molecule is NC(=NCCCN1CCOCC1)NCCc1ccc2c(c1)OCO2. The van der Waals surface area contributed by atoms with Gasteiger partial charge >= 0.3 is 0 Å². The number of nitrogens with two attached hydrogens (primary N) is 1. The van der Waals surface area contributed by atoms with Crippen molar-refractivity contribution in [2.45, 2.75) is 12.8 Å². The van der Waals surface area contributed by atoms with Crippen LogP contribution in [0.25, 0.3) is 0 Å². The minimum absolute atomic E-state index is 0.307. The van der Waals surface area contributed by atoms with E-state index in [-0.39, 0.29) is 0 Å². The highest BCUT2D eigenvalue weighted by atomic mass is 16.7. The van der Waals surface area contributed by atoms with Crippen molar-refractivity contribution < 1.29 is 14.2 Å². The van der Waals surface area contributed by atoms with Crippen LogP contribution in [0.1, 0.15) is 12.0 Å². The first-order valence-electron chi connectivity index (χ1n) is 8.54. The van der Waals surface area contributed by atoms with Crippen LogP contribution in [-0.4, -0.2) is 63.6 Å². The van der Waals surface area contributed by atoms with E-state index in [1.165, 1.54) is 5.56 Å². The Morgan fingerprint density at radius 3 is 2.92 bits per heavy atom. The Balaban J connectivity index is 1.31. The number of nitrogens with zero attached hydrogens (tertiary/aromatic N) is 2. The quantitative estimate of drug-likeness (QED) is 0.431. The second-order valence-electron chi connectivity index (χ2n) is 5.94. The van der Waals surface area contributed by atoms with Gasteiger partial charge < -0.3 is 25.3 Å². The zero-order valence-corrected chi connectivity index (χ0v) is 14.0. The Bertz CT molecular complexity index is 559. The summed E-state index contributed by atoms with van der Waals surface area (Å²) in [7, 11) is 0. The summed E-state index contributed by atoms with van der Waals surface area (Å²) in [6.07, 6.45) is 1.88. The molecule has 0 atom stereocenters. The molecule has 0 aromatic heterocycles. The predicted octanol–water partition coefficient (Wildman–Crippen LogP) is 0.584. The van der Waals surface area contributed by atoms with Crippen LogP contribution in [0.5, 0.6) is 11.5 Å². The van der Waals surface area contributed by atoms with Crippen LogP contribution in [0.15, 0.2) is 23.2 Å². The second kappa shape index (κ2) is 8.75. The number of morpholine rings is 1. The molecule has 7 heteroatoms. The minimum Gasteiger partial charge on any atom is -0.454 e. The zero-order chi connectivity index (χ0) is 16.6. The van der Waals surface area contributed by atoms with Crippen molar-refractivity contribution in [3.63, 3.8) is 0 Å². The van der Waals surface area contributed by atoms with Crippen molar-refractivity contribution in [1.82, 2.24) is 10.2 Å². The maximum absolute atomic E-state index is 5.91. The average Bonchev–Trinajstić information content (AvgIpc) is 3.07. The third kappa shape index (κ3) is 5.01. The Hall–Kier alpha value is -1.99. The summed E-state index contributed by atoms with van der Waals surface area (Å²) < 4.78 is 16.0. The van der Waals surface area contributed by atoms with Crippen LogP contribution in [0.2, 0.25) is 0 Å². The number of guanidine groups is 1. The summed E-state index contributed by atoms with van der Waals surface area (Å²) in [5, 5.41) is 3.16. The lowest BCUT2D eigenvalue weighted by molar-refractivity contribution is 0.0377. The van der Waals surface area contributed by atoms with Gasteiger partial charge in [0, 0.05) is 32.7 Å². The first-order chi connectivity index (χ1) is 11.8. The van der Waals surface area contributed by atoms with Gasteiger partial charge in [-0.15, -0.1) is 0 Å². The summed E-state index contributed by atoms with van der Waals surface area (Å²) in [5.74, 6) is 2.14. The Kier molecular flexibility index (Phi) is 6.14. The van der Waals surface area contributed by atoms with Gasteiger partial charge in [-0.2, -0.15) is 0 Å². The van der Waals surface area contributed by atoms with Gasteiger partial charge in [0.05, 0.1) is 13.2 Å². The summed E-state index contributed by atoms with van der Waals surface area (Å²) >= 11 is 0. The number of ether oxygens (including phenoxy) is 3. The van der Waals surface area contributed by atoms with Crippen molar-refractivity contribution in [3.8, 4) is 11.5 Å². The smallest absolute Gasteiger partial charge is 0.231 e. The molecular weight excluding hydrogens is 308 g/mol. The van der Waals surface area contributed by atoms with E-state index in [0.29, 0.717) is 12.8 Å². The lowest BCUT2D eigenvalue weighted by atomic mass is 10.1. The van der Waals surface area contributed by atoms with Crippen molar-refractivity contribution in [2.75, 3.05) is 52.7 Å². The molecule has 2 heterocycles. The molecule has 0 saturated carbocycles. The largest absolute Gasteiger partial charge is 0.454 e. The first-order valence-corrected chi connectivity index (χ1v) is 8.54. The molecule has 2 aliphatic heterocycles. The minimum atomic E-state index is 0.307. The maximum atomic E-state index is 5.91. The van der Waals surface area contributed by atoms with Crippen LogP contribution in [0, 0.1) is 0 Å². The number of hydrogen-bond donors (Lipinski definition) is 2. The van der Waals surface area contributed by atoms with Crippen molar-refractivity contribution in [1.29, 1.82) is 0 Å². The number of fused-ring (bicyclic) bond motifs is 1. The molecular formula is C17H26N4O3. The van der Waals surface area contributed by atoms with Gasteiger partial charge in [0.2, 0.25) is 6.79 Å². The number of hydrogen-bond acceptors (Lipinski definition) is 5. The van der Waals surface area contributed by atoms with Gasteiger partial charge in [-0.1, -0.05) is 6.07 Å². The molecule has 2 aliphatic rings. The fraction of sp³-hybridized carbons (Fsp3) is 0.588. The van der Waals surface area contributed by atoms with Crippen molar-refractivity contribution >= 4 is 5.96 Å². The van der Waals surface area contributed by atoms with Crippen LogP contribution in [0.4, 0.5) is 0 Å². The van der Waals surface area contributed by atoms with E-state index in [4.69, 9.17) is 19.9 Å². The van der Waals surface area contributed by atoms with Crippen LogP contribution in [-0.2, 0) is 11.2 Å². The molecule has 3 rings (SSSR count). The fourth-order valence-electron chi connectivity index (χ4n) is 2.81. The van der Waals surface area contributed by atoms with Gasteiger partial charge in [-0.3, -0.25) is 9.89 Å². The van der Waals surface area contributed by atoms with Gasteiger partial charge in [0.15, 0.2) is 17.5 Å². The van der Waals surface area contributed by atoms with Gasteiger partial charge in [0.25, 0.3) is 0 Å². The lowest BCUT2D eigenvalue weighted by Crippen LogP contribution is -2.37. The Labute approximate surface area is 142 Å². The van der Waals surface area contributed by atoms with Crippen LogP contribution >= 0.6 is 0 Å². The van der Waals surface area contributed by atoms with Crippen LogP contribution in [0.3, 0.4) is 0 Å². The Morgan fingerprint density at radius 2 is 2.04 bits per heavy atom. The van der Waals surface area contributed by atoms with E-state index in [1.54, 1.807) is 0 Å². The van der Waals surface area contributed by atoms with E-state index in [2.05, 4.69) is 15.2 Å². The fourth-order valence-corrected chi connectivity index (χ4v) is 2.81. The molecule has 1 saturated heterocycles. The number of benzene rings is 1. The van der Waals surface area contributed by atoms with Crippen LogP contribution < -0.4 is 20.5 Å². The molecule has 1 aromatic rings. The third-order valence-electron chi connectivity index (χ3n) is 4.18. The average molecular weight is 334 g/mol. The van der Waals surface area contributed by atoms with Gasteiger partial charge in [-0.05, 0) is 30.5 Å². The van der Waals surface area contributed by atoms with Gasteiger partial charge in [0.1, 0.15) is 0 Å². The number of rotatable bonds is 7. The molecule has 1 aromatic carbocycles. The second-order valence-corrected chi connectivity index (χ2v) is 5.94. The van der Waals surface area contributed by atoms with Crippen molar-refractivity contribution in [2.24, 2.45) is 10.7 Å². The van der Waals surface area contributed by atoms with E-state index >= 15 is 0 Å². The molecule has 0 unspecified atom stereocenters.